The van der Waals surface area contributed by atoms with E-state index in [9.17, 15) is 8.42 Å². The number of aromatic nitrogens is 1. The summed E-state index contributed by atoms with van der Waals surface area (Å²) in [6.45, 7) is 6.24. The smallest absolute Gasteiger partial charge is 0.183 e. The number of nitrogens with one attached hydrogen (secondary N) is 1. The molecule has 20 heavy (non-hydrogen) atoms. The molecule has 4 nitrogen and oxygen atoms in total. The number of benzene rings is 1. The molecule has 0 saturated heterocycles. The van der Waals surface area contributed by atoms with Gasteiger partial charge in [-0.3, -0.25) is 0 Å². The van der Waals surface area contributed by atoms with Crippen molar-refractivity contribution in [1.82, 2.24) is 4.98 Å². The molecule has 0 aliphatic carbocycles. The molecular formula is C14H18N2O2S2. The van der Waals surface area contributed by atoms with Gasteiger partial charge in [0.15, 0.2) is 15.0 Å². The third-order valence-electron chi connectivity index (χ3n) is 2.56. The van der Waals surface area contributed by atoms with Gasteiger partial charge in [0.2, 0.25) is 0 Å². The van der Waals surface area contributed by atoms with Gasteiger partial charge in [0.1, 0.15) is 0 Å². The quantitative estimate of drug-likeness (QED) is 0.943. The second-order valence-corrected chi connectivity index (χ2v) is 8.58. The number of rotatable bonds is 3. The largest absolute Gasteiger partial charge is 0.357 e. The highest BCUT2D eigenvalue weighted by molar-refractivity contribution is 7.90. The molecule has 0 aliphatic rings. The Balaban J connectivity index is 2.25. The molecule has 0 radical (unpaired) electrons. The number of nitrogens with zero attached hydrogens (tertiary/aromatic N) is 1. The van der Waals surface area contributed by atoms with Gasteiger partial charge in [-0.15, -0.1) is 11.3 Å². The summed E-state index contributed by atoms with van der Waals surface area (Å²) in [5, 5.41) is 6.14. The molecule has 0 saturated carbocycles. The number of thiazole rings is 1. The van der Waals surface area contributed by atoms with Gasteiger partial charge < -0.3 is 5.32 Å². The number of anilines is 1. The lowest BCUT2D eigenvalue weighted by Gasteiger charge is -2.19. The van der Waals surface area contributed by atoms with Gasteiger partial charge in [-0.25, -0.2) is 13.4 Å². The molecule has 0 fully saturated rings. The highest BCUT2D eigenvalue weighted by Crippen LogP contribution is 2.27. The van der Waals surface area contributed by atoms with E-state index in [4.69, 9.17) is 0 Å². The molecule has 0 aliphatic heterocycles. The molecule has 0 atom stereocenters. The standard InChI is InChI=1S/C14H18N2O2S2/c1-14(2,3)16-13-15-12(9-19-13)10-5-7-11(8-6-10)20(4,17)18/h5-9H,1-4H3,(H,15,16). The summed E-state index contributed by atoms with van der Waals surface area (Å²) in [7, 11) is -3.15. The van der Waals surface area contributed by atoms with Crippen LogP contribution in [0.5, 0.6) is 0 Å². The van der Waals surface area contributed by atoms with Crippen LogP contribution in [0.2, 0.25) is 0 Å². The van der Waals surface area contributed by atoms with E-state index in [0.717, 1.165) is 16.4 Å². The Bertz CT molecular complexity index is 696. The van der Waals surface area contributed by atoms with Crippen molar-refractivity contribution in [1.29, 1.82) is 0 Å². The zero-order valence-corrected chi connectivity index (χ0v) is 13.6. The van der Waals surface area contributed by atoms with Crippen LogP contribution in [0.4, 0.5) is 5.13 Å². The number of hydrogen-bond acceptors (Lipinski definition) is 5. The van der Waals surface area contributed by atoms with E-state index in [0.29, 0.717) is 4.90 Å². The lowest BCUT2D eigenvalue weighted by molar-refractivity contribution is 0.602. The van der Waals surface area contributed by atoms with Crippen LogP contribution in [-0.4, -0.2) is 25.2 Å². The first-order chi connectivity index (χ1) is 9.15. The van der Waals surface area contributed by atoms with E-state index in [1.807, 2.05) is 5.38 Å². The monoisotopic (exact) mass is 310 g/mol. The molecule has 1 N–H and O–H groups in total. The van der Waals surface area contributed by atoms with Gasteiger partial charge in [0, 0.05) is 22.7 Å². The third kappa shape index (κ3) is 3.80. The fraction of sp³-hybridized carbons (Fsp3) is 0.357. The van der Waals surface area contributed by atoms with E-state index in [2.05, 4.69) is 31.1 Å². The van der Waals surface area contributed by atoms with Crippen LogP contribution >= 0.6 is 11.3 Å². The lowest BCUT2D eigenvalue weighted by Crippen LogP contribution is -2.25. The molecule has 108 valence electrons. The first-order valence-corrected chi connectivity index (χ1v) is 8.96. The van der Waals surface area contributed by atoms with Crippen molar-refractivity contribution >= 4 is 26.3 Å². The highest BCUT2D eigenvalue weighted by Gasteiger charge is 2.13. The zero-order valence-electron chi connectivity index (χ0n) is 12.0. The molecule has 1 heterocycles. The predicted octanol–water partition coefficient (Wildman–Crippen LogP) is 3.42. The second kappa shape index (κ2) is 5.18. The molecular weight excluding hydrogens is 292 g/mol. The van der Waals surface area contributed by atoms with E-state index < -0.39 is 9.84 Å². The summed E-state index contributed by atoms with van der Waals surface area (Å²) < 4.78 is 22.8. The van der Waals surface area contributed by atoms with Crippen LogP contribution in [-0.2, 0) is 9.84 Å². The third-order valence-corrected chi connectivity index (χ3v) is 4.45. The van der Waals surface area contributed by atoms with Gasteiger partial charge in [-0.05, 0) is 32.9 Å². The Kier molecular flexibility index (Phi) is 3.88. The van der Waals surface area contributed by atoms with Crippen molar-refractivity contribution in [2.75, 3.05) is 11.6 Å². The highest BCUT2D eigenvalue weighted by atomic mass is 32.2. The lowest BCUT2D eigenvalue weighted by atomic mass is 10.1. The Labute approximate surface area is 123 Å². The summed E-state index contributed by atoms with van der Waals surface area (Å²) >= 11 is 1.54. The molecule has 1 aromatic carbocycles. The normalized spacial score (nSPS) is 12.4. The molecule has 2 rings (SSSR count). The first kappa shape index (κ1) is 15.0. The van der Waals surface area contributed by atoms with Gasteiger partial charge >= 0.3 is 0 Å². The van der Waals surface area contributed by atoms with Crippen molar-refractivity contribution in [3.05, 3.63) is 29.6 Å². The minimum Gasteiger partial charge on any atom is -0.357 e. The van der Waals surface area contributed by atoms with Crippen LogP contribution in [0.3, 0.4) is 0 Å². The van der Waals surface area contributed by atoms with Crippen molar-refractivity contribution in [2.24, 2.45) is 0 Å². The summed E-state index contributed by atoms with van der Waals surface area (Å²) in [6.07, 6.45) is 1.20. The van der Waals surface area contributed by atoms with Gasteiger partial charge in [0.05, 0.1) is 10.6 Å². The molecule has 0 amide bonds. The topological polar surface area (TPSA) is 59.1 Å². The first-order valence-electron chi connectivity index (χ1n) is 6.19. The fourth-order valence-corrected chi connectivity index (χ4v) is 3.22. The Morgan fingerprint density at radius 1 is 1.15 bits per heavy atom. The zero-order chi connectivity index (χ0) is 15.0. The summed E-state index contributed by atoms with van der Waals surface area (Å²) in [4.78, 5) is 4.84. The Hall–Kier alpha value is -1.40. The predicted molar refractivity (Wildman–Crippen MR) is 84.0 cm³/mol. The second-order valence-electron chi connectivity index (χ2n) is 5.71. The number of hydrogen-bond donors (Lipinski definition) is 1. The molecule has 6 heteroatoms. The summed E-state index contributed by atoms with van der Waals surface area (Å²) in [5.74, 6) is 0. The van der Waals surface area contributed by atoms with E-state index in [1.54, 1.807) is 35.6 Å². The minimum absolute atomic E-state index is 0.0325. The van der Waals surface area contributed by atoms with Crippen LogP contribution in [0.1, 0.15) is 20.8 Å². The molecule has 0 bridgehead atoms. The summed E-state index contributed by atoms with van der Waals surface area (Å²) in [5.41, 5.74) is 1.73. The van der Waals surface area contributed by atoms with Gasteiger partial charge in [0.25, 0.3) is 0 Å². The minimum atomic E-state index is -3.15. The van der Waals surface area contributed by atoms with Crippen LogP contribution in [0, 0.1) is 0 Å². The Morgan fingerprint density at radius 3 is 2.25 bits per heavy atom. The molecule has 0 spiro atoms. The van der Waals surface area contributed by atoms with Crippen LogP contribution in [0.15, 0.2) is 34.5 Å². The average Bonchev–Trinajstić information content (AvgIpc) is 2.74. The summed E-state index contributed by atoms with van der Waals surface area (Å²) in [6, 6.07) is 6.79. The SMILES string of the molecule is CC(C)(C)Nc1nc(-c2ccc(S(C)(=O)=O)cc2)cs1. The molecule has 2 aromatic rings. The Morgan fingerprint density at radius 2 is 1.75 bits per heavy atom. The van der Waals surface area contributed by atoms with Crippen LogP contribution < -0.4 is 5.32 Å². The van der Waals surface area contributed by atoms with Crippen molar-refractivity contribution in [2.45, 2.75) is 31.2 Å². The van der Waals surface area contributed by atoms with E-state index in [1.165, 1.54) is 6.26 Å². The van der Waals surface area contributed by atoms with Crippen LogP contribution in [0.25, 0.3) is 11.3 Å². The maximum absolute atomic E-state index is 11.4. The molecule has 0 unspecified atom stereocenters. The van der Waals surface area contributed by atoms with Crippen molar-refractivity contribution in [3.8, 4) is 11.3 Å². The van der Waals surface area contributed by atoms with Gasteiger partial charge in [-0.1, -0.05) is 12.1 Å². The fourth-order valence-electron chi connectivity index (χ4n) is 1.66. The van der Waals surface area contributed by atoms with Crippen molar-refractivity contribution < 1.29 is 8.42 Å². The number of sulfone groups is 1. The van der Waals surface area contributed by atoms with E-state index in [-0.39, 0.29) is 5.54 Å². The molecule has 1 aromatic heterocycles. The maximum Gasteiger partial charge on any atom is 0.183 e. The van der Waals surface area contributed by atoms with Gasteiger partial charge in [-0.2, -0.15) is 0 Å². The van der Waals surface area contributed by atoms with E-state index >= 15 is 0 Å². The average molecular weight is 310 g/mol. The van der Waals surface area contributed by atoms with Crippen molar-refractivity contribution in [3.63, 3.8) is 0 Å². The maximum atomic E-state index is 11.4.